The Hall–Kier alpha value is -4.03. The topological polar surface area (TPSA) is 84.3 Å². The van der Waals surface area contributed by atoms with E-state index in [9.17, 15) is 14.4 Å². The number of carbonyl (C=O) groups excluding carboxylic acids is 2. The van der Waals surface area contributed by atoms with Gasteiger partial charge in [-0.15, -0.1) is 0 Å². The highest BCUT2D eigenvalue weighted by Gasteiger charge is 2.31. The Morgan fingerprint density at radius 2 is 1.50 bits per heavy atom. The van der Waals surface area contributed by atoms with Gasteiger partial charge in [0.05, 0.1) is 22.5 Å². The van der Waals surface area contributed by atoms with Crippen LogP contribution in [0.25, 0.3) is 5.69 Å². The van der Waals surface area contributed by atoms with Crippen LogP contribution in [0.3, 0.4) is 0 Å². The van der Waals surface area contributed by atoms with Crippen molar-refractivity contribution in [3.05, 3.63) is 116 Å². The average molecular weight is 442 g/mol. The first kappa shape index (κ1) is 19.9. The van der Waals surface area contributed by atoms with Crippen molar-refractivity contribution in [1.29, 1.82) is 0 Å². The number of halogens is 1. The largest absolute Gasteiger partial charge is 0.295 e. The summed E-state index contributed by atoms with van der Waals surface area (Å²) in [5.41, 5.74) is 2.97. The molecule has 0 aliphatic heterocycles. The predicted octanol–water partition coefficient (Wildman–Crippen LogP) is 4.65. The Balaban J connectivity index is 1.58. The van der Waals surface area contributed by atoms with Crippen LogP contribution >= 0.6 is 11.6 Å². The first-order chi connectivity index (χ1) is 15.5. The lowest BCUT2D eigenvalue weighted by atomic mass is 9.83. The lowest BCUT2D eigenvalue weighted by Gasteiger charge is -2.18. The Labute approximate surface area is 187 Å². The molecule has 0 saturated heterocycles. The Morgan fingerprint density at radius 3 is 2.22 bits per heavy atom. The van der Waals surface area contributed by atoms with Crippen molar-refractivity contribution < 1.29 is 9.59 Å². The number of hydrogen-bond donors (Lipinski definition) is 1. The van der Waals surface area contributed by atoms with E-state index in [1.165, 1.54) is 10.9 Å². The minimum atomic E-state index is -0.286. The Bertz CT molecular complexity index is 1490. The molecule has 1 heterocycles. The van der Waals surface area contributed by atoms with Crippen LogP contribution in [0.4, 0.5) is 5.69 Å². The first-order valence-corrected chi connectivity index (χ1v) is 10.3. The number of aromatic amines is 1. The maximum Gasteiger partial charge on any atom is 0.280 e. The third kappa shape index (κ3) is 3.13. The van der Waals surface area contributed by atoms with E-state index in [0.717, 1.165) is 0 Å². The molecule has 1 aliphatic carbocycles. The van der Waals surface area contributed by atoms with Crippen LogP contribution in [-0.2, 0) is 0 Å². The fourth-order valence-corrected chi connectivity index (χ4v) is 3.98. The Kier molecular flexibility index (Phi) is 4.72. The van der Waals surface area contributed by atoms with Crippen molar-refractivity contribution in [2.45, 2.75) is 6.92 Å². The number of nitrogens with one attached hydrogen (secondary N) is 1. The third-order valence-corrected chi connectivity index (χ3v) is 5.72. The van der Waals surface area contributed by atoms with Crippen molar-refractivity contribution in [3.63, 3.8) is 0 Å². The maximum absolute atomic E-state index is 13.1. The number of aromatic nitrogens is 2. The van der Waals surface area contributed by atoms with E-state index in [1.54, 1.807) is 73.7 Å². The zero-order valence-electron chi connectivity index (χ0n) is 16.9. The van der Waals surface area contributed by atoms with Crippen LogP contribution in [0.2, 0.25) is 5.02 Å². The fraction of sp³-hybridized carbons (Fsp3) is 0.0400. The zero-order valence-corrected chi connectivity index (χ0v) is 17.7. The molecule has 0 fully saturated rings. The molecular formula is C25H16ClN3O3. The normalized spacial score (nSPS) is 12.8. The molecule has 0 spiro atoms. The van der Waals surface area contributed by atoms with E-state index in [4.69, 9.17) is 11.6 Å². The molecule has 0 saturated carbocycles. The van der Waals surface area contributed by atoms with Gasteiger partial charge in [0, 0.05) is 33.6 Å². The second-order valence-corrected chi connectivity index (χ2v) is 7.87. The van der Waals surface area contributed by atoms with Gasteiger partial charge in [-0.3, -0.25) is 24.5 Å². The zero-order chi connectivity index (χ0) is 22.4. The molecule has 0 atom stereocenters. The summed E-state index contributed by atoms with van der Waals surface area (Å²) in [6, 6.07) is 18.6. The van der Waals surface area contributed by atoms with Crippen LogP contribution in [0.1, 0.15) is 43.1 Å². The highest BCUT2D eigenvalue weighted by Crippen LogP contribution is 2.33. The summed E-state index contributed by atoms with van der Waals surface area (Å²) < 4.78 is 1.40. The molecule has 32 heavy (non-hydrogen) atoms. The average Bonchev–Trinajstić information content (AvgIpc) is 3.09. The number of ketones is 2. The smallest absolute Gasteiger partial charge is 0.280 e. The van der Waals surface area contributed by atoms with Crippen molar-refractivity contribution in [1.82, 2.24) is 9.78 Å². The summed E-state index contributed by atoms with van der Waals surface area (Å²) in [5, 5.41) is 3.60. The summed E-state index contributed by atoms with van der Waals surface area (Å²) in [6.45, 7) is 1.76. The van der Waals surface area contributed by atoms with Gasteiger partial charge in [0.25, 0.3) is 5.56 Å². The predicted molar refractivity (Wildman–Crippen MR) is 123 cm³/mol. The number of benzene rings is 3. The monoisotopic (exact) mass is 441 g/mol. The summed E-state index contributed by atoms with van der Waals surface area (Å²) in [4.78, 5) is 43.4. The standard InChI is InChI=1S/C25H16ClN3O3/c1-14-20(25(32)29(28-14)16-11-9-15(26)10-12-16)13-27-21-8-4-7-19-22(21)24(31)18-6-3-2-5-17(18)23(19)30/h2-13,28H,1H3. The minimum Gasteiger partial charge on any atom is -0.295 e. The lowest BCUT2D eigenvalue weighted by Crippen LogP contribution is -2.20. The van der Waals surface area contributed by atoms with E-state index in [-0.39, 0.29) is 22.7 Å². The quantitative estimate of drug-likeness (QED) is 0.413. The molecule has 0 amide bonds. The summed E-state index contributed by atoms with van der Waals surface area (Å²) >= 11 is 5.93. The Morgan fingerprint density at radius 1 is 0.844 bits per heavy atom. The molecule has 0 unspecified atom stereocenters. The number of carbonyl (C=O) groups is 2. The SMILES string of the molecule is Cc1[nH]n(-c2ccc(Cl)cc2)c(=O)c1C=Nc1cccc2c1C(=O)c1ccccc1C2=O. The molecule has 0 bridgehead atoms. The number of H-pyrrole nitrogens is 1. The van der Waals surface area contributed by atoms with Crippen LogP contribution in [0, 0.1) is 6.92 Å². The molecule has 1 N–H and O–H groups in total. The molecule has 6 nitrogen and oxygen atoms in total. The van der Waals surface area contributed by atoms with Gasteiger partial charge in [-0.2, -0.15) is 0 Å². The second-order valence-electron chi connectivity index (χ2n) is 7.43. The fourth-order valence-electron chi connectivity index (χ4n) is 3.85. The van der Waals surface area contributed by atoms with Crippen LogP contribution in [0.15, 0.2) is 76.5 Å². The summed E-state index contributed by atoms with van der Waals surface area (Å²) in [7, 11) is 0. The van der Waals surface area contributed by atoms with Crippen molar-refractivity contribution in [3.8, 4) is 5.69 Å². The number of aliphatic imine (C=N–C) groups is 1. The van der Waals surface area contributed by atoms with E-state index in [0.29, 0.717) is 44.3 Å². The van der Waals surface area contributed by atoms with Crippen molar-refractivity contribution in [2.24, 2.45) is 4.99 Å². The number of hydrogen-bond acceptors (Lipinski definition) is 4. The second kappa shape index (κ2) is 7.59. The van der Waals surface area contributed by atoms with Crippen LogP contribution in [0.5, 0.6) is 0 Å². The number of rotatable bonds is 3. The highest BCUT2D eigenvalue weighted by atomic mass is 35.5. The number of nitrogens with zero attached hydrogens (tertiary/aromatic N) is 2. The van der Waals surface area contributed by atoms with Gasteiger partial charge in [-0.05, 0) is 37.3 Å². The van der Waals surface area contributed by atoms with Gasteiger partial charge in [-0.1, -0.05) is 48.0 Å². The molecule has 156 valence electrons. The first-order valence-electron chi connectivity index (χ1n) is 9.89. The van der Waals surface area contributed by atoms with Gasteiger partial charge in [-0.25, -0.2) is 4.68 Å². The third-order valence-electron chi connectivity index (χ3n) is 5.47. The number of fused-ring (bicyclic) bond motifs is 2. The highest BCUT2D eigenvalue weighted by molar-refractivity contribution is 6.30. The van der Waals surface area contributed by atoms with Gasteiger partial charge >= 0.3 is 0 Å². The molecule has 1 aromatic heterocycles. The van der Waals surface area contributed by atoms with Crippen molar-refractivity contribution >= 4 is 35.1 Å². The number of aryl methyl sites for hydroxylation is 1. The van der Waals surface area contributed by atoms with Crippen LogP contribution in [-0.4, -0.2) is 27.6 Å². The lowest BCUT2D eigenvalue weighted by molar-refractivity contribution is 0.0979. The van der Waals surface area contributed by atoms with Gasteiger partial charge in [0.15, 0.2) is 11.6 Å². The van der Waals surface area contributed by atoms with E-state index in [2.05, 4.69) is 10.1 Å². The van der Waals surface area contributed by atoms with Crippen LogP contribution < -0.4 is 5.56 Å². The maximum atomic E-state index is 13.1. The molecule has 3 aromatic carbocycles. The van der Waals surface area contributed by atoms with E-state index < -0.39 is 0 Å². The van der Waals surface area contributed by atoms with Gasteiger partial charge in [0.1, 0.15) is 0 Å². The molecule has 0 radical (unpaired) electrons. The van der Waals surface area contributed by atoms with E-state index >= 15 is 0 Å². The molecule has 5 rings (SSSR count). The van der Waals surface area contributed by atoms with Gasteiger partial charge in [0.2, 0.25) is 0 Å². The van der Waals surface area contributed by atoms with E-state index in [1.807, 2.05) is 0 Å². The summed E-state index contributed by atoms with van der Waals surface area (Å²) in [6.07, 6.45) is 1.43. The molecule has 4 aromatic rings. The minimum absolute atomic E-state index is 0.213. The summed E-state index contributed by atoms with van der Waals surface area (Å²) in [5.74, 6) is -0.470. The molecule has 7 heteroatoms. The molecule has 1 aliphatic rings. The molecular weight excluding hydrogens is 426 g/mol. The van der Waals surface area contributed by atoms with Gasteiger partial charge < -0.3 is 0 Å². The van der Waals surface area contributed by atoms with Crippen molar-refractivity contribution in [2.75, 3.05) is 0 Å².